The molecule has 3 aromatic rings. The van der Waals surface area contributed by atoms with E-state index in [2.05, 4.69) is 54.0 Å². The number of rotatable bonds is 11. The first-order valence-electron chi connectivity index (χ1n) is 14.9. The molecule has 224 valence electrons. The van der Waals surface area contributed by atoms with E-state index in [9.17, 15) is 14.4 Å². The maximum Gasteiger partial charge on any atom is 0.257 e. The van der Waals surface area contributed by atoms with Crippen LogP contribution in [0, 0.1) is 5.92 Å². The van der Waals surface area contributed by atoms with Gasteiger partial charge in [-0.1, -0.05) is 88.7 Å². The molecule has 0 radical (unpaired) electrons. The van der Waals surface area contributed by atoms with Gasteiger partial charge >= 0.3 is 0 Å². The van der Waals surface area contributed by atoms with Crippen LogP contribution in [-0.4, -0.2) is 33.5 Å². The zero-order chi connectivity index (χ0) is 30.7. The normalized spacial score (nSPS) is 18.5. The van der Waals surface area contributed by atoms with Crippen molar-refractivity contribution in [3.8, 4) is 0 Å². The second-order valence-electron chi connectivity index (χ2n) is 11.9. The standard InChI is InChI=1S/C33H44N6O3/c1-7-21(4)27(28(34)40)37-31(42)33(9-3,24-17-15-22(8-2)16-18-24)38-30(41)25-20-35-39-29(25)36-26(19-32(39,5)6)23-13-11-10-12-14-23/h10-18,20-21,26-27,36H,7-9,19H2,1-6H3,(H2,34,40)(H,37,42)(H,38,41)/t21?,26-,27+,33?/m1/s1. The maximum absolute atomic E-state index is 14.2. The molecule has 5 N–H and O–H groups in total. The van der Waals surface area contributed by atoms with Crippen LogP contribution in [0.4, 0.5) is 5.82 Å². The lowest BCUT2D eigenvalue weighted by Crippen LogP contribution is -2.60. The van der Waals surface area contributed by atoms with Crippen LogP contribution in [0.15, 0.2) is 60.8 Å². The zero-order valence-electron chi connectivity index (χ0n) is 25.5. The quantitative estimate of drug-likeness (QED) is 0.262. The smallest absolute Gasteiger partial charge is 0.257 e. The summed E-state index contributed by atoms with van der Waals surface area (Å²) in [5.74, 6) is -1.12. The molecule has 2 heterocycles. The molecular formula is C33H44N6O3. The highest BCUT2D eigenvalue weighted by Crippen LogP contribution is 2.40. The average molecular weight is 573 g/mol. The van der Waals surface area contributed by atoms with E-state index < -0.39 is 29.3 Å². The van der Waals surface area contributed by atoms with Crippen molar-refractivity contribution < 1.29 is 14.4 Å². The van der Waals surface area contributed by atoms with E-state index in [0.717, 1.165) is 24.0 Å². The Hall–Kier alpha value is -4.14. The van der Waals surface area contributed by atoms with Crippen molar-refractivity contribution in [2.24, 2.45) is 11.7 Å². The summed E-state index contributed by atoms with van der Waals surface area (Å²) in [4.78, 5) is 40.6. The molecule has 42 heavy (non-hydrogen) atoms. The van der Waals surface area contributed by atoms with Gasteiger partial charge in [-0.25, -0.2) is 4.68 Å². The molecule has 0 spiro atoms. The fourth-order valence-electron chi connectivity index (χ4n) is 5.79. The van der Waals surface area contributed by atoms with E-state index >= 15 is 0 Å². The molecule has 9 nitrogen and oxygen atoms in total. The highest BCUT2D eigenvalue weighted by Gasteiger charge is 2.44. The Kier molecular flexibility index (Phi) is 9.09. The van der Waals surface area contributed by atoms with Crippen molar-refractivity contribution in [1.82, 2.24) is 20.4 Å². The van der Waals surface area contributed by atoms with Gasteiger partial charge in [0.25, 0.3) is 11.8 Å². The number of aryl methyl sites for hydroxylation is 1. The first kappa shape index (κ1) is 30.8. The molecule has 2 aromatic carbocycles. The van der Waals surface area contributed by atoms with Gasteiger partial charge in [0.05, 0.1) is 17.8 Å². The fraction of sp³-hybridized carbons (Fsp3) is 0.455. The molecule has 1 aromatic heterocycles. The molecule has 1 aliphatic rings. The predicted molar refractivity (Wildman–Crippen MR) is 165 cm³/mol. The number of anilines is 1. The summed E-state index contributed by atoms with van der Waals surface area (Å²) < 4.78 is 1.84. The Morgan fingerprint density at radius 3 is 2.33 bits per heavy atom. The van der Waals surface area contributed by atoms with Crippen LogP contribution in [0.25, 0.3) is 0 Å². The number of carbonyl (C=O) groups excluding carboxylic acids is 3. The highest BCUT2D eigenvalue weighted by atomic mass is 16.2. The van der Waals surface area contributed by atoms with Crippen LogP contribution in [0.1, 0.15) is 93.9 Å². The molecule has 0 aliphatic carbocycles. The monoisotopic (exact) mass is 572 g/mol. The molecule has 1 aliphatic heterocycles. The minimum absolute atomic E-state index is 0.0235. The van der Waals surface area contributed by atoms with Gasteiger partial charge in [-0.2, -0.15) is 5.10 Å². The molecule has 4 atom stereocenters. The van der Waals surface area contributed by atoms with Gasteiger partial charge in [-0.05, 0) is 55.7 Å². The van der Waals surface area contributed by atoms with Crippen LogP contribution >= 0.6 is 0 Å². The number of primary amides is 1. The number of fused-ring (bicyclic) bond motifs is 1. The number of nitrogens with one attached hydrogen (secondary N) is 3. The Bertz CT molecular complexity index is 1420. The van der Waals surface area contributed by atoms with E-state index in [1.165, 1.54) is 0 Å². The molecule has 0 bridgehead atoms. The highest BCUT2D eigenvalue weighted by molar-refractivity contribution is 6.03. The summed E-state index contributed by atoms with van der Waals surface area (Å²) in [6, 6.07) is 16.9. The van der Waals surface area contributed by atoms with Crippen LogP contribution < -0.4 is 21.7 Å². The Labute approximate surface area is 248 Å². The number of carbonyl (C=O) groups is 3. The SMILES string of the molecule is CCc1ccc(C(CC)(NC(=O)c2cnn3c2N[C@@H](c2ccccc2)CC3(C)C)C(=O)N[C@H](C(N)=O)C(C)CC)cc1. The van der Waals surface area contributed by atoms with Crippen molar-refractivity contribution in [1.29, 1.82) is 0 Å². The second-order valence-corrected chi connectivity index (χ2v) is 11.9. The number of aromatic nitrogens is 2. The van der Waals surface area contributed by atoms with Crippen molar-refractivity contribution in [3.63, 3.8) is 0 Å². The Morgan fingerprint density at radius 2 is 1.76 bits per heavy atom. The Morgan fingerprint density at radius 1 is 1.10 bits per heavy atom. The maximum atomic E-state index is 14.2. The van der Waals surface area contributed by atoms with Crippen LogP contribution in [0.5, 0.6) is 0 Å². The number of hydrogen-bond donors (Lipinski definition) is 4. The predicted octanol–water partition coefficient (Wildman–Crippen LogP) is 4.79. The van der Waals surface area contributed by atoms with Gasteiger partial charge in [0, 0.05) is 0 Å². The average Bonchev–Trinajstić information content (AvgIpc) is 3.43. The third-order valence-corrected chi connectivity index (χ3v) is 8.71. The minimum atomic E-state index is -1.46. The molecule has 9 heteroatoms. The number of nitrogens with two attached hydrogens (primary N) is 1. The molecular weight excluding hydrogens is 528 g/mol. The van der Waals surface area contributed by atoms with E-state index in [4.69, 9.17) is 5.73 Å². The van der Waals surface area contributed by atoms with Crippen LogP contribution in [0.3, 0.4) is 0 Å². The van der Waals surface area contributed by atoms with E-state index in [1.54, 1.807) is 6.20 Å². The number of nitrogens with zero attached hydrogens (tertiary/aromatic N) is 2. The summed E-state index contributed by atoms with van der Waals surface area (Å²) in [7, 11) is 0. The summed E-state index contributed by atoms with van der Waals surface area (Å²) in [5.41, 5.74) is 7.07. The van der Waals surface area contributed by atoms with Crippen LogP contribution in [-0.2, 0) is 27.1 Å². The van der Waals surface area contributed by atoms with Gasteiger partial charge in [0.15, 0.2) is 0 Å². The molecule has 0 saturated carbocycles. The van der Waals surface area contributed by atoms with Gasteiger partial charge in [0.2, 0.25) is 5.91 Å². The molecule has 0 saturated heterocycles. The van der Waals surface area contributed by atoms with Crippen molar-refractivity contribution >= 4 is 23.5 Å². The lowest BCUT2D eigenvalue weighted by atomic mass is 9.84. The van der Waals surface area contributed by atoms with Gasteiger partial charge < -0.3 is 21.7 Å². The van der Waals surface area contributed by atoms with Gasteiger partial charge in [-0.15, -0.1) is 0 Å². The largest absolute Gasteiger partial charge is 0.368 e. The first-order chi connectivity index (χ1) is 20.0. The van der Waals surface area contributed by atoms with Crippen molar-refractivity contribution in [2.45, 2.75) is 90.4 Å². The van der Waals surface area contributed by atoms with E-state index in [-0.39, 0.29) is 23.9 Å². The summed E-state index contributed by atoms with van der Waals surface area (Å²) in [5, 5.41) is 14.1. The lowest BCUT2D eigenvalue weighted by molar-refractivity contribution is -0.133. The number of benzene rings is 2. The second kappa shape index (κ2) is 12.4. The fourth-order valence-corrected chi connectivity index (χ4v) is 5.79. The number of hydrogen-bond acceptors (Lipinski definition) is 5. The van der Waals surface area contributed by atoms with E-state index in [1.807, 2.05) is 67.9 Å². The summed E-state index contributed by atoms with van der Waals surface area (Å²) in [6.45, 7) is 11.9. The molecule has 3 amide bonds. The third kappa shape index (κ3) is 5.91. The van der Waals surface area contributed by atoms with Crippen molar-refractivity contribution in [3.05, 3.63) is 83.0 Å². The Balaban J connectivity index is 1.74. The van der Waals surface area contributed by atoms with Crippen LogP contribution in [0.2, 0.25) is 0 Å². The third-order valence-electron chi connectivity index (χ3n) is 8.71. The zero-order valence-corrected chi connectivity index (χ0v) is 25.5. The summed E-state index contributed by atoms with van der Waals surface area (Å²) >= 11 is 0. The molecule has 2 unspecified atom stereocenters. The first-order valence-corrected chi connectivity index (χ1v) is 14.9. The number of amides is 3. The molecule has 4 rings (SSSR count). The van der Waals surface area contributed by atoms with Gasteiger partial charge in [0.1, 0.15) is 23.0 Å². The van der Waals surface area contributed by atoms with Crippen molar-refractivity contribution in [2.75, 3.05) is 5.32 Å². The minimum Gasteiger partial charge on any atom is -0.368 e. The summed E-state index contributed by atoms with van der Waals surface area (Å²) in [6.07, 6.45) is 4.06. The topological polar surface area (TPSA) is 131 Å². The van der Waals surface area contributed by atoms with Gasteiger partial charge in [-0.3, -0.25) is 14.4 Å². The molecule has 0 fully saturated rings. The van der Waals surface area contributed by atoms with E-state index in [0.29, 0.717) is 23.4 Å². The lowest BCUT2D eigenvalue weighted by Gasteiger charge is -2.39.